The average molecular weight is 260 g/mol. The van der Waals surface area contributed by atoms with Crippen molar-refractivity contribution >= 4 is 21.6 Å². The SMILES string of the molecule is CC(O)c1ccc(CBr)cc1[N+](=O)[O-]. The van der Waals surface area contributed by atoms with Crippen LogP contribution in [0.1, 0.15) is 24.2 Å². The highest BCUT2D eigenvalue weighted by Crippen LogP contribution is 2.26. The fourth-order valence-electron chi connectivity index (χ4n) is 1.18. The van der Waals surface area contributed by atoms with Gasteiger partial charge in [-0.1, -0.05) is 22.0 Å². The third-order valence-electron chi connectivity index (χ3n) is 1.90. The standard InChI is InChI=1S/C9H10BrNO3/c1-6(12)8-3-2-7(5-10)4-9(8)11(13)14/h2-4,6,12H,5H2,1H3. The van der Waals surface area contributed by atoms with E-state index in [4.69, 9.17) is 0 Å². The van der Waals surface area contributed by atoms with Gasteiger partial charge < -0.3 is 5.11 Å². The molecule has 0 heterocycles. The van der Waals surface area contributed by atoms with E-state index in [2.05, 4.69) is 15.9 Å². The lowest BCUT2D eigenvalue weighted by molar-refractivity contribution is -0.386. The number of rotatable bonds is 3. The third-order valence-corrected chi connectivity index (χ3v) is 2.54. The number of nitro benzene ring substituents is 1. The summed E-state index contributed by atoms with van der Waals surface area (Å²) in [5.41, 5.74) is 1.14. The van der Waals surface area contributed by atoms with Gasteiger partial charge in [-0.3, -0.25) is 10.1 Å². The van der Waals surface area contributed by atoms with Gasteiger partial charge in [-0.05, 0) is 18.6 Å². The van der Waals surface area contributed by atoms with Gasteiger partial charge in [0.1, 0.15) is 0 Å². The Kier molecular flexibility index (Phi) is 3.60. The molecular formula is C9H10BrNO3. The fraction of sp³-hybridized carbons (Fsp3) is 0.333. The van der Waals surface area contributed by atoms with Gasteiger partial charge in [-0.25, -0.2) is 0 Å². The molecule has 0 saturated heterocycles. The Balaban J connectivity index is 3.24. The van der Waals surface area contributed by atoms with Crippen molar-refractivity contribution < 1.29 is 10.0 Å². The molecule has 1 atom stereocenters. The fourth-order valence-corrected chi connectivity index (χ4v) is 1.53. The number of aliphatic hydroxyl groups excluding tert-OH is 1. The molecule has 0 radical (unpaired) electrons. The molecule has 1 rings (SSSR count). The number of hydrogen-bond donors (Lipinski definition) is 1. The predicted molar refractivity (Wildman–Crippen MR) is 56.4 cm³/mol. The highest BCUT2D eigenvalue weighted by Gasteiger charge is 2.17. The maximum atomic E-state index is 10.7. The van der Waals surface area contributed by atoms with Gasteiger partial charge in [0.05, 0.1) is 16.6 Å². The first-order valence-corrected chi connectivity index (χ1v) is 5.19. The summed E-state index contributed by atoms with van der Waals surface area (Å²) in [6.07, 6.45) is -0.820. The van der Waals surface area contributed by atoms with Crippen LogP contribution in [0.2, 0.25) is 0 Å². The summed E-state index contributed by atoms with van der Waals surface area (Å²) in [5, 5.41) is 20.5. The van der Waals surface area contributed by atoms with E-state index in [0.717, 1.165) is 5.56 Å². The quantitative estimate of drug-likeness (QED) is 0.516. The summed E-state index contributed by atoms with van der Waals surface area (Å²) in [5.74, 6) is 0. The molecule has 76 valence electrons. The van der Waals surface area contributed by atoms with Gasteiger partial charge in [-0.2, -0.15) is 0 Å². The molecule has 1 unspecified atom stereocenters. The van der Waals surface area contributed by atoms with Crippen molar-refractivity contribution in [2.24, 2.45) is 0 Å². The maximum Gasteiger partial charge on any atom is 0.275 e. The lowest BCUT2D eigenvalue weighted by atomic mass is 10.1. The molecule has 1 N–H and O–H groups in total. The molecule has 0 saturated carbocycles. The van der Waals surface area contributed by atoms with Crippen molar-refractivity contribution in [1.29, 1.82) is 0 Å². The molecule has 0 bridgehead atoms. The van der Waals surface area contributed by atoms with Crippen LogP contribution in [0.5, 0.6) is 0 Å². The molecule has 0 aliphatic heterocycles. The Morgan fingerprint density at radius 1 is 1.64 bits per heavy atom. The molecule has 0 spiro atoms. The Morgan fingerprint density at radius 2 is 2.29 bits per heavy atom. The van der Waals surface area contributed by atoms with Gasteiger partial charge >= 0.3 is 0 Å². The third kappa shape index (κ3) is 2.30. The van der Waals surface area contributed by atoms with Crippen LogP contribution in [0.3, 0.4) is 0 Å². The molecule has 4 nitrogen and oxygen atoms in total. The van der Waals surface area contributed by atoms with Crippen molar-refractivity contribution in [3.05, 3.63) is 39.4 Å². The Morgan fingerprint density at radius 3 is 2.71 bits per heavy atom. The van der Waals surface area contributed by atoms with E-state index in [1.54, 1.807) is 12.1 Å². The van der Waals surface area contributed by atoms with Crippen molar-refractivity contribution in [3.63, 3.8) is 0 Å². The maximum absolute atomic E-state index is 10.7. The highest BCUT2D eigenvalue weighted by molar-refractivity contribution is 9.08. The Hall–Kier alpha value is -0.940. The van der Waals surface area contributed by atoms with Gasteiger partial charge in [0.2, 0.25) is 0 Å². The molecule has 1 aromatic rings. The topological polar surface area (TPSA) is 63.4 Å². The minimum Gasteiger partial charge on any atom is -0.388 e. The van der Waals surface area contributed by atoms with Crippen molar-refractivity contribution in [3.8, 4) is 0 Å². The van der Waals surface area contributed by atoms with Crippen LogP contribution < -0.4 is 0 Å². The summed E-state index contributed by atoms with van der Waals surface area (Å²) in [7, 11) is 0. The van der Waals surface area contributed by atoms with Crippen LogP contribution in [0.4, 0.5) is 5.69 Å². The van der Waals surface area contributed by atoms with Gasteiger partial charge in [0, 0.05) is 11.4 Å². The zero-order valence-corrected chi connectivity index (χ0v) is 9.19. The van der Waals surface area contributed by atoms with Crippen LogP contribution in [0.25, 0.3) is 0 Å². The normalized spacial score (nSPS) is 12.5. The molecule has 0 amide bonds. The average Bonchev–Trinajstić information content (AvgIpc) is 2.16. The number of hydrogen-bond acceptors (Lipinski definition) is 3. The Labute approximate surface area is 89.8 Å². The largest absolute Gasteiger partial charge is 0.388 e. The minimum atomic E-state index is -0.820. The number of nitro groups is 1. The van der Waals surface area contributed by atoms with Crippen LogP contribution in [-0.4, -0.2) is 10.0 Å². The number of alkyl halides is 1. The summed E-state index contributed by atoms with van der Waals surface area (Å²) in [6, 6.07) is 4.81. The first-order chi connectivity index (χ1) is 6.56. The molecule has 14 heavy (non-hydrogen) atoms. The summed E-state index contributed by atoms with van der Waals surface area (Å²) < 4.78 is 0. The van der Waals surface area contributed by atoms with E-state index < -0.39 is 11.0 Å². The summed E-state index contributed by atoms with van der Waals surface area (Å²) >= 11 is 3.22. The van der Waals surface area contributed by atoms with E-state index in [-0.39, 0.29) is 5.69 Å². The van der Waals surface area contributed by atoms with Gasteiger partial charge in [0.25, 0.3) is 5.69 Å². The molecule has 0 aromatic heterocycles. The summed E-state index contributed by atoms with van der Waals surface area (Å²) in [6.45, 7) is 1.51. The van der Waals surface area contributed by atoms with E-state index in [9.17, 15) is 15.2 Å². The molecule has 0 aliphatic carbocycles. The van der Waals surface area contributed by atoms with Crippen LogP contribution >= 0.6 is 15.9 Å². The molecular weight excluding hydrogens is 250 g/mol. The smallest absolute Gasteiger partial charge is 0.275 e. The molecule has 5 heteroatoms. The second-order valence-corrected chi connectivity index (χ2v) is 3.52. The number of aliphatic hydroxyl groups is 1. The van der Waals surface area contributed by atoms with Gasteiger partial charge in [0.15, 0.2) is 0 Å². The van der Waals surface area contributed by atoms with E-state index in [1.807, 2.05) is 0 Å². The second kappa shape index (κ2) is 4.52. The zero-order valence-electron chi connectivity index (χ0n) is 7.61. The Bertz CT molecular complexity index is 352. The lowest BCUT2D eigenvalue weighted by Gasteiger charge is -2.06. The van der Waals surface area contributed by atoms with Crippen LogP contribution in [0, 0.1) is 10.1 Å². The number of nitrogens with zero attached hydrogens (tertiary/aromatic N) is 1. The van der Waals surface area contributed by atoms with E-state index in [1.165, 1.54) is 13.0 Å². The van der Waals surface area contributed by atoms with Crippen LogP contribution in [0.15, 0.2) is 18.2 Å². The monoisotopic (exact) mass is 259 g/mol. The molecule has 0 aliphatic rings. The van der Waals surface area contributed by atoms with E-state index >= 15 is 0 Å². The zero-order chi connectivity index (χ0) is 10.7. The minimum absolute atomic E-state index is 0.0306. The first kappa shape index (κ1) is 11.1. The van der Waals surface area contributed by atoms with Gasteiger partial charge in [-0.15, -0.1) is 0 Å². The predicted octanol–water partition coefficient (Wildman–Crippen LogP) is 2.54. The molecule has 0 fully saturated rings. The number of benzene rings is 1. The van der Waals surface area contributed by atoms with Crippen molar-refractivity contribution in [2.45, 2.75) is 18.4 Å². The van der Waals surface area contributed by atoms with E-state index in [0.29, 0.717) is 10.9 Å². The van der Waals surface area contributed by atoms with Crippen molar-refractivity contribution in [2.75, 3.05) is 0 Å². The highest BCUT2D eigenvalue weighted by atomic mass is 79.9. The lowest BCUT2D eigenvalue weighted by Crippen LogP contribution is -1.99. The number of halogens is 1. The summed E-state index contributed by atoms with van der Waals surface area (Å²) in [4.78, 5) is 10.2. The van der Waals surface area contributed by atoms with Crippen molar-refractivity contribution in [1.82, 2.24) is 0 Å². The molecule has 1 aromatic carbocycles. The first-order valence-electron chi connectivity index (χ1n) is 4.07. The second-order valence-electron chi connectivity index (χ2n) is 2.96. The van der Waals surface area contributed by atoms with Crippen LogP contribution in [-0.2, 0) is 5.33 Å².